The van der Waals surface area contributed by atoms with Crippen molar-refractivity contribution in [2.45, 2.75) is 0 Å². The molecule has 0 aliphatic rings. The van der Waals surface area contributed by atoms with E-state index in [4.69, 9.17) is 69.8 Å². The molecule has 0 aromatic rings. The van der Waals surface area contributed by atoms with E-state index in [9.17, 15) is 0 Å². The number of hydrogen-bond donors (Lipinski definition) is 1. The molecular weight excluding hydrogens is 390 g/mol. The van der Waals surface area contributed by atoms with Gasteiger partial charge in [0, 0.05) is 0 Å². The zero-order chi connectivity index (χ0) is 19.1. The van der Waals surface area contributed by atoms with Crippen molar-refractivity contribution in [1.82, 2.24) is 0 Å². The Kier molecular flexibility index (Phi) is 429. The van der Waals surface area contributed by atoms with Crippen molar-refractivity contribution in [3.63, 3.8) is 0 Å². The predicted molar refractivity (Wildman–Crippen MR) is 55.3 cm³/mol. The van der Waals surface area contributed by atoms with E-state index in [0.29, 0.717) is 0 Å². The van der Waals surface area contributed by atoms with Crippen LogP contribution >= 0.6 is 0 Å². The minimum absolute atomic E-state index is 0. The Morgan fingerprint density at radius 2 is 0.682 bits per heavy atom. The summed E-state index contributed by atoms with van der Waals surface area (Å²) in [7, 11) is 0. The maximum absolute atomic E-state index is 8.36. The molecule has 0 heterocycles. The fraction of sp³-hybridized carbons (Fsp3) is 0. The number of rotatable bonds is 0. The van der Waals surface area contributed by atoms with Crippen LogP contribution in [0, 0.1) is 60.7 Å². The third kappa shape index (κ3) is 767. The zero-order valence-electron chi connectivity index (χ0n) is 9.77. The summed E-state index contributed by atoms with van der Waals surface area (Å²) < 4.78 is 7.94. The summed E-state index contributed by atoms with van der Waals surface area (Å²) in [6.45, 7) is 0. The van der Waals surface area contributed by atoms with Crippen molar-refractivity contribution in [1.29, 1.82) is 0 Å². The fourth-order valence-corrected chi connectivity index (χ4v) is 0. The monoisotopic (exact) mass is 391 g/mol. The number of nitrogens with zero attached hydrogens (tertiary/aromatic N) is 6. The molecule has 0 fully saturated rings. The molecule has 0 spiro atoms. The molecule has 22 heavy (non-hydrogen) atoms. The Bertz CT molecular complexity index is 173. The normalized spacial score (nSPS) is 4.05. The molecule has 129 valence electrons. The Hall–Kier alpha value is -2.49. The topological polar surface area (TPSA) is 343 Å². The average Bonchev–Trinajstić information content (AvgIpc) is 2.35. The summed E-state index contributed by atoms with van der Waals surface area (Å²) in [5.41, 5.74) is 0. The second kappa shape index (κ2) is 187. The first-order chi connectivity index (χ1) is 9.80. The van der Waals surface area contributed by atoms with Crippen LogP contribution in [-0.2, 0) is 19.5 Å². The van der Waals surface area contributed by atoms with Crippen molar-refractivity contribution in [2.24, 2.45) is 26.7 Å². The Morgan fingerprint density at radius 3 is 0.682 bits per heavy atom. The molecule has 0 saturated heterocycles. The van der Waals surface area contributed by atoms with E-state index in [1.165, 1.54) is 0 Å². The SMILES string of the molecule is O=N[O-].O=N[O-].O=N[O-].O=N[O-].O=N[O-].O=[N+]([O-])O.[Na+].[O]=[Co]. The standard InChI is InChI=1S/Co.HNO3.5HNO2.Na.O/c;2-1(3)4;5*2-1-3;;/h;(H,2,3,4);5*(H,2,3);;/q;;;;;;;+1;/p-5. The van der Waals surface area contributed by atoms with Crippen molar-refractivity contribution >= 4 is 0 Å². The van der Waals surface area contributed by atoms with Crippen LogP contribution in [0.5, 0.6) is 0 Å². The van der Waals surface area contributed by atoms with Gasteiger partial charge in [-0.05, 0) is 0 Å². The third-order valence-corrected chi connectivity index (χ3v) is 0. The molecule has 0 aliphatic heterocycles. The summed E-state index contributed by atoms with van der Waals surface area (Å²) in [5, 5.41) is 58.6. The molecule has 0 amide bonds. The van der Waals surface area contributed by atoms with Gasteiger partial charge in [-0.1, -0.05) is 0 Å². The van der Waals surface area contributed by atoms with E-state index < -0.39 is 5.09 Å². The van der Waals surface area contributed by atoms with Crippen LogP contribution in [0.25, 0.3) is 0 Å². The molecule has 20 nitrogen and oxygen atoms in total. The molecule has 22 heteroatoms. The zero-order valence-corrected chi connectivity index (χ0v) is 12.8. The van der Waals surface area contributed by atoms with Crippen molar-refractivity contribution in [2.75, 3.05) is 0 Å². The van der Waals surface area contributed by atoms with E-state index in [1.54, 1.807) is 0 Å². The first-order valence-corrected chi connectivity index (χ1v) is 2.95. The molecule has 0 radical (unpaired) electrons. The van der Waals surface area contributed by atoms with E-state index in [2.05, 4.69) is 15.7 Å². The molecule has 0 aromatic carbocycles. The van der Waals surface area contributed by atoms with E-state index >= 15 is 0 Å². The molecule has 1 N–H and O–H groups in total. The van der Waals surface area contributed by atoms with E-state index in [0.717, 1.165) is 26.7 Å². The first-order valence-electron chi connectivity index (χ1n) is 2.53. The van der Waals surface area contributed by atoms with Gasteiger partial charge in [0.15, 0.2) is 0 Å². The van der Waals surface area contributed by atoms with Crippen LogP contribution in [0.15, 0.2) is 26.7 Å². The van der Waals surface area contributed by atoms with Gasteiger partial charge in [-0.3, -0.25) is 0 Å². The minimum atomic E-state index is -1.50. The fourth-order valence-electron chi connectivity index (χ4n) is 0. The van der Waals surface area contributed by atoms with Gasteiger partial charge in [0.05, 0.1) is 0 Å². The Morgan fingerprint density at radius 1 is 0.682 bits per heavy atom. The molecule has 0 saturated carbocycles. The van der Waals surface area contributed by atoms with Crippen LogP contribution in [0.1, 0.15) is 0 Å². The van der Waals surface area contributed by atoms with Crippen LogP contribution in [0.4, 0.5) is 0 Å². The summed E-state index contributed by atoms with van der Waals surface area (Å²) in [4.78, 5) is 48.4. The van der Waals surface area contributed by atoms with Gasteiger partial charge in [-0.15, -0.1) is 36.8 Å². The Labute approximate surface area is 147 Å². The van der Waals surface area contributed by atoms with Crippen molar-refractivity contribution < 1.29 is 59.4 Å². The molecule has 0 aromatic heterocycles. The second-order valence-corrected chi connectivity index (χ2v) is 0.611. The molecular formula is HCoN6NaO14-4. The average molecular weight is 391 g/mol. The maximum atomic E-state index is 8.36. The quantitative estimate of drug-likeness (QED) is 0.198. The molecule has 0 unspecified atom stereocenters. The van der Waals surface area contributed by atoms with Crippen molar-refractivity contribution in [3.05, 3.63) is 60.7 Å². The number of hydrogen-bond acceptors (Lipinski definition) is 18. The second-order valence-electron chi connectivity index (χ2n) is 0.611. The van der Waals surface area contributed by atoms with Gasteiger partial charge in [0.25, 0.3) is 5.09 Å². The van der Waals surface area contributed by atoms with E-state index in [-0.39, 0.29) is 29.6 Å². The van der Waals surface area contributed by atoms with Crippen LogP contribution in [0.3, 0.4) is 0 Å². The molecule has 0 rings (SSSR count). The predicted octanol–water partition coefficient (Wildman–Crippen LogP) is -2.21. The molecule has 0 bridgehead atoms. The third-order valence-electron chi connectivity index (χ3n) is 0. The Balaban J connectivity index is -0.0000000173. The van der Waals surface area contributed by atoms with E-state index in [1.807, 2.05) is 0 Å². The van der Waals surface area contributed by atoms with Gasteiger partial charge < -0.3 is 55.8 Å². The first kappa shape index (κ1) is 50.5. The van der Waals surface area contributed by atoms with Gasteiger partial charge >= 0.3 is 49.1 Å². The summed E-state index contributed by atoms with van der Waals surface area (Å²) in [6.07, 6.45) is 0. The summed E-state index contributed by atoms with van der Waals surface area (Å²) in [6, 6.07) is 0. The van der Waals surface area contributed by atoms with Gasteiger partial charge in [0.1, 0.15) is 0 Å². The molecule has 0 aliphatic carbocycles. The molecule has 0 atom stereocenters. The van der Waals surface area contributed by atoms with Crippen LogP contribution in [0.2, 0.25) is 0 Å². The van der Waals surface area contributed by atoms with Gasteiger partial charge in [0.2, 0.25) is 0 Å². The van der Waals surface area contributed by atoms with Crippen molar-refractivity contribution in [3.8, 4) is 0 Å². The van der Waals surface area contributed by atoms with Gasteiger partial charge in [-0.2, -0.15) is 0 Å². The summed E-state index contributed by atoms with van der Waals surface area (Å²) >= 11 is 2.31. The van der Waals surface area contributed by atoms with Crippen LogP contribution in [-0.4, -0.2) is 10.3 Å². The summed E-state index contributed by atoms with van der Waals surface area (Å²) in [5.74, 6) is 0. The van der Waals surface area contributed by atoms with Gasteiger partial charge in [-0.25, -0.2) is 0 Å². The van der Waals surface area contributed by atoms with Crippen LogP contribution < -0.4 is 29.6 Å².